The molecular formula is C18H20N4O. The number of rotatable bonds is 4. The van der Waals surface area contributed by atoms with Gasteiger partial charge < -0.3 is 14.6 Å². The maximum Gasteiger partial charge on any atom is 0.179 e. The monoisotopic (exact) mass is 308 g/mol. The summed E-state index contributed by atoms with van der Waals surface area (Å²) >= 11 is 0. The van der Waals surface area contributed by atoms with E-state index in [9.17, 15) is 0 Å². The molecule has 5 nitrogen and oxygen atoms in total. The van der Waals surface area contributed by atoms with Gasteiger partial charge in [-0.2, -0.15) is 0 Å². The summed E-state index contributed by atoms with van der Waals surface area (Å²) < 4.78 is 5.22. The normalized spacial score (nSPS) is 17.8. The highest BCUT2D eigenvalue weighted by Gasteiger charge is 2.24. The van der Waals surface area contributed by atoms with Gasteiger partial charge in [-0.1, -0.05) is 12.1 Å². The summed E-state index contributed by atoms with van der Waals surface area (Å²) in [6.45, 7) is 2.16. The fourth-order valence-corrected chi connectivity index (χ4v) is 3.41. The molecule has 1 unspecified atom stereocenters. The van der Waals surface area contributed by atoms with E-state index in [-0.39, 0.29) is 0 Å². The van der Waals surface area contributed by atoms with Crippen molar-refractivity contribution in [1.82, 2.24) is 15.0 Å². The number of benzene rings is 1. The smallest absolute Gasteiger partial charge is 0.179 e. The van der Waals surface area contributed by atoms with Crippen LogP contribution in [0.1, 0.15) is 12.0 Å². The van der Waals surface area contributed by atoms with Gasteiger partial charge in [0.15, 0.2) is 5.65 Å². The summed E-state index contributed by atoms with van der Waals surface area (Å²) in [5, 5.41) is 0. The zero-order valence-electron chi connectivity index (χ0n) is 13.2. The number of pyridine rings is 1. The Kier molecular flexibility index (Phi) is 3.61. The van der Waals surface area contributed by atoms with Crippen molar-refractivity contribution < 1.29 is 4.74 Å². The van der Waals surface area contributed by atoms with Gasteiger partial charge in [0, 0.05) is 19.3 Å². The van der Waals surface area contributed by atoms with Crippen LogP contribution >= 0.6 is 0 Å². The molecule has 1 N–H and O–H groups in total. The van der Waals surface area contributed by atoms with Crippen LogP contribution in [-0.2, 0) is 6.42 Å². The molecule has 0 amide bonds. The van der Waals surface area contributed by atoms with Crippen LogP contribution < -0.4 is 9.64 Å². The minimum atomic E-state index is 0.675. The first-order valence-electron chi connectivity index (χ1n) is 7.99. The lowest BCUT2D eigenvalue weighted by Gasteiger charge is -2.19. The highest BCUT2D eigenvalue weighted by Crippen LogP contribution is 2.30. The summed E-state index contributed by atoms with van der Waals surface area (Å²) in [5.74, 6) is 1.59. The molecule has 3 aromatic rings. The number of anilines is 1. The number of imidazole rings is 1. The molecule has 118 valence electrons. The lowest BCUT2D eigenvalue weighted by molar-refractivity contribution is 0.414. The van der Waals surface area contributed by atoms with Crippen LogP contribution in [0.5, 0.6) is 5.75 Å². The highest BCUT2D eigenvalue weighted by molar-refractivity contribution is 5.85. The highest BCUT2D eigenvalue weighted by atomic mass is 16.5. The lowest BCUT2D eigenvalue weighted by atomic mass is 9.99. The van der Waals surface area contributed by atoms with Crippen molar-refractivity contribution in [3.05, 3.63) is 48.4 Å². The van der Waals surface area contributed by atoms with Crippen molar-refractivity contribution in [3.63, 3.8) is 0 Å². The maximum absolute atomic E-state index is 5.22. The molecule has 1 fully saturated rings. The molecule has 0 aliphatic carbocycles. The van der Waals surface area contributed by atoms with Crippen molar-refractivity contribution >= 4 is 16.9 Å². The molecule has 0 saturated carbocycles. The second kappa shape index (κ2) is 5.91. The van der Waals surface area contributed by atoms with E-state index in [0.717, 1.165) is 36.4 Å². The van der Waals surface area contributed by atoms with Crippen LogP contribution in [0.4, 0.5) is 5.69 Å². The third-order valence-electron chi connectivity index (χ3n) is 4.61. The Hall–Kier alpha value is -2.56. The third-order valence-corrected chi connectivity index (χ3v) is 4.61. The minimum absolute atomic E-state index is 0.675. The topological polar surface area (TPSA) is 54.0 Å². The predicted octanol–water partition coefficient (Wildman–Crippen LogP) is 3.04. The van der Waals surface area contributed by atoms with Gasteiger partial charge in [-0.25, -0.2) is 9.97 Å². The van der Waals surface area contributed by atoms with Crippen LogP contribution in [0.3, 0.4) is 0 Å². The summed E-state index contributed by atoms with van der Waals surface area (Å²) in [4.78, 5) is 14.2. The summed E-state index contributed by atoms with van der Waals surface area (Å²) in [6.07, 6.45) is 5.88. The molecule has 2 aromatic heterocycles. The largest absolute Gasteiger partial charge is 0.497 e. The molecular weight excluding hydrogens is 288 g/mol. The molecule has 23 heavy (non-hydrogen) atoms. The van der Waals surface area contributed by atoms with Crippen LogP contribution in [0.15, 0.2) is 42.9 Å². The van der Waals surface area contributed by atoms with E-state index in [2.05, 4.69) is 38.1 Å². The number of hydrogen-bond donors (Lipinski definition) is 1. The Morgan fingerprint density at radius 1 is 1.22 bits per heavy atom. The molecule has 0 bridgehead atoms. The zero-order valence-corrected chi connectivity index (χ0v) is 13.2. The first-order chi connectivity index (χ1) is 11.3. The van der Waals surface area contributed by atoms with E-state index >= 15 is 0 Å². The van der Waals surface area contributed by atoms with E-state index in [0.29, 0.717) is 5.92 Å². The third kappa shape index (κ3) is 2.74. The summed E-state index contributed by atoms with van der Waals surface area (Å²) in [5.41, 5.74) is 4.42. The molecule has 5 heteroatoms. The molecule has 1 aromatic carbocycles. The molecule has 3 heterocycles. The molecule has 1 atom stereocenters. The number of hydrogen-bond acceptors (Lipinski definition) is 4. The van der Waals surface area contributed by atoms with Crippen LogP contribution in [0.2, 0.25) is 0 Å². The van der Waals surface area contributed by atoms with Crippen LogP contribution in [0.25, 0.3) is 11.2 Å². The number of nitrogens with zero attached hydrogens (tertiary/aromatic N) is 3. The SMILES string of the molecule is COc1ccc(CC2CCN(c3ccnc4nc[nH]c34)C2)cc1. The Morgan fingerprint density at radius 2 is 2.09 bits per heavy atom. The van der Waals surface area contributed by atoms with Crippen molar-refractivity contribution in [2.45, 2.75) is 12.8 Å². The van der Waals surface area contributed by atoms with Crippen molar-refractivity contribution in [1.29, 1.82) is 0 Å². The molecule has 1 aliphatic rings. The first kappa shape index (κ1) is 14.1. The van der Waals surface area contributed by atoms with Gasteiger partial charge in [0.1, 0.15) is 11.3 Å². The standard InChI is InChI=1S/C18H20N4O/c1-23-15-4-2-13(3-5-15)10-14-7-9-22(11-14)16-6-8-19-18-17(16)20-12-21-18/h2-6,8,12,14H,7,9-11H2,1H3,(H,19,20,21). The number of aromatic amines is 1. The quantitative estimate of drug-likeness (QED) is 0.805. The van der Waals surface area contributed by atoms with E-state index in [4.69, 9.17) is 4.74 Å². The summed E-state index contributed by atoms with van der Waals surface area (Å²) in [6, 6.07) is 10.5. The first-order valence-corrected chi connectivity index (χ1v) is 7.99. The van der Waals surface area contributed by atoms with Crippen LogP contribution in [0, 0.1) is 5.92 Å². The maximum atomic E-state index is 5.22. The summed E-state index contributed by atoms with van der Waals surface area (Å²) in [7, 11) is 1.70. The molecule has 1 saturated heterocycles. The van der Waals surface area contributed by atoms with Gasteiger partial charge in [0.25, 0.3) is 0 Å². The van der Waals surface area contributed by atoms with E-state index < -0.39 is 0 Å². The second-order valence-corrected chi connectivity index (χ2v) is 6.08. The minimum Gasteiger partial charge on any atom is -0.497 e. The zero-order chi connectivity index (χ0) is 15.6. The van der Waals surface area contributed by atoms with Gasteiger partial charge in [-0.15, -0.1) is 0 Å². The number of ether oxygens (including phenoxy) is 1. The van der Waals surface area contributed by atoms with Crippen molar-refractivity contribution in [2.24, 2.45) is 5.92 Å². The fraction of sp³-hybridized carbons (Fsp3) is 0.333. The fourth-order valence-electron chi connectivity index (χ4n) is 3.41. The Labute approximate surface area is 135 Å². The van der Waals surface area contributed by atoms with Gasteiger partial charge in [0.2, 0.25) is 0 Å². The Balaban J connectivity index is 1.47. The Morgan fingerprint density at radius 3 is 2.91 bits per heavy atom. The molecule has 0 spiro atoms. The van der Waals surface area contributed by atoms with Crippen molar-refractivity contribution in [3.8, 4) is 5.75 Å². The van der Waals surface area contributed by atoms with Crippen molar-refractivity contribution in [2.75, 3.05) is 25.1 Å². The second-order valence-electron chi connectivity index (χ2n) is 6.08. The number of H-pyrrole nitrogens is 1. The molecule has 0 radical (unpaired) electrons. The lowest BCUT2D eigenvalue weighted by Crippen LogP contribution is -2.20. The van der Waals surface area contributed by atoms with Gasteiger partial charge in [-0.05, 0) is 42.5 Å². The number of aromatic nitrogens is 3. The average Bonchev–Trinajstić information content (AvgIpc) is 3.24. The van der Waals surface area contributed by atoms with E-state index in [1.807, 2.05) is 18.3 Å². The number of methoxy groups -OCH3 is 1. The number of nitrogens with one attached hydrogen (secondary N) is 1. The van der Waals surface area contributed by atoms with Gasteiger partial charge >= 0.3 is 0 Å². The number of fused-ring (bicyclic) bond motifs is 1. The van der Waals surface area contributed by atoms with Gasteiger partial charge in [0.05, 0.1) is 19.1 Å². The molecule has 1 aliphatic heterocycles. The average molecular weight is 308 g/mol. The van der Waals surface area contributed by atoms with Crippen LogP contribution in [-0.4, -0.2) is 35.2 Å². The predicted molar refractivity (Wildman–Crippen MR) is 90.9 cm³/mol. The van der Waals surface area contributed by atoms with E-state index in [1.165, 1.54) is 17.7 Å². The van der Waals surface area contributed by atoms with E-state index in [1.54, 1.807) is 13.4 Å². The molecule has 4 rings (SSSR count). The van der Waals surface area contributed by atoms with Gasteiger partial charge in [-0.3, -0.25) is 0 Å². The Bertz CT molecular complexity index is 796.